The van der Waals surface area contributed by atoms with Gasteiger partial charge in [0, 0.05) is 6.42 Å². The number of carbonyl (C=O) groups excluding carboxylic acids is 1. The van der Waals surface area contributed by atoms with Gasteiger partial charge in [-0.2, -0.15) is 0 Å². The lowest BCUT2D eigenvalue weighted by molar-refractivity contribution is -0.142. The van der Waals surface area contributed by atoms with Crippen LogP contribution in [0.15, 0.2) is 24.3 Å². The first-order chi connectivity index (χ1) is 9.93. The summed E-state index contributed by atoms with van der Waals surface area (Å²) in [5, 5.41) is 20.9. The molecular formula is C15H22N2O4. The summed E-state index contributed by atoms with van der Waals surface area (Å²) in [5.41, 5.74) is 6.44. The van der Waals surface area contributed by atoms with Crippen LogP contribution in [-0.4, -0.2) is 34.2 Å². The second-order valence-corrected chi connectivity index (χ2v) is 5.02. The van der Waals surface area contributed by atoms with Gasteiger partial charge in [-0.1, -0.05) is 31.9 Å². The topological polar surface area (TPSA) is 113 Å². The van der Waals surface area contributed by atoms with E-state index in [1.165, 1.54) is 12.1 Å². The summed E-state index contributed by atoms with van der Waals surface area (Å²) in [6, 6.07) is 4.47. The number of nitrogens with two attached hydrogens (primary N) is 1. The van der Waals surface area contributed by atoms with Crippen LogP contribution in [0, 0.1) is 0 Å². The molecule has 0 aliphatic carbocycles. The van der Waals surface area contributed by atoms with Crippen LogP contribution in [0.1, 0.15) is 31.7 Å². The minimum absolute atomic E-state index is 0.108. The third-order valence-electron chi connectivity index (χ3n) is 3.20. The molecule has 0 bridgehead atoms. The van der Waals surface area contributed by atoms with Crippen LogP contribution in [0.2, 0.25) is 0 Å². The Morgan fingerprint density at radius 1 is 1.29 bits per heavy atom. The van der Waals surface area contributed by atoms with Crippen LogP contribution >= 0.6 is 0 Å². The minimum Gasteiger partial charge on any atom is -0.508 e. The predicted molar refractivity (Wildman–Crippen MR) is 78.9 cm³/mol. The molecule has 21 heavy (non-hydrogen) atoms. The van der Waals surface area contributed by atoms with Crippen molar-refractivity contribution in [3.05, 3.63) is 29.8 Å². The average Bonchev–Trinajstić information content (AvgIpc) is 2.45. The number of hydrogen-bond acceptors (Lipinski definition) is 4. The normalized spacial score (nSPS) is 13.4. The highest BCUT2D eigenvalue weighted by Crippen LogP contribution is 2.11. The summed E-state index contributed by atoms with van der Waals surface area (Å²) in [7, 11) is 0. The van der Waals surface area contributed by atoms with Crippen LogP contribution in [-0.2, 0) is 16.0 Å². The Morgan fingerprint density at radius 3 is 2.43 bits per heavy atom. The maximum Gasteiger partial charge on any atom is 0.326 e. The van der Waals surface area contributed by atoms with Gasteiger partial charge >= 0.3 is 5.97 Å². The van der Waals surface area contributed by atoms with Crippen molar-refractivity contribution in [2.45, 2.75) is 44.7 Å². The molecule has 0 aliphatic heterocycles. The van der Waals surface area contributed by atoms with E-state index in [1.54, 1.807) is 12.1 Å². The molecule has 1 rings (SSSR count). The first-order valence-corrected chi connectivity index (χ1v) is 7.00. The molecule has 0 saturated heterocycles. The number of nitrogens with one attached hydrogen (secondary N) is 1. The Labute approximate surface area is 124 Å². The van der Waals surface area contributed by atoms with Crippen molar-refractivity contribution in [1.29, 1.82) is 0 Å². The zero-order chi connectivity index (χ0) is 15.8. The zero-order valence-corrected chi connectivity index (χ0v) is 12.1. The first-order valence-electron chi connectivity index (χ1n) is 7.00. The van der Waals surface area contributed by atoms with Gasteiger partial charge in [0.1, 0.15) is 11.8 Å². The molecule has 2 atom stereocenters. The van der Waals surface area contributed by atoms with Gasteiger partial charge in [0.2, 0.25) is 5.91 Å². The molecule has 0 saturated carbocycles. The van der Waals surface area contributed by atoms with Gasteiger partial charge in [0.25, 0.3) is 0 Å². The highest BCUT2D eigenvalue weighted by atomic mass is 16.4. The fourth-order valence-corrected chi connectivity index (χ4v) is 1.90. The summed E-state index contributed by atoms with van der Waals surface area (Å²) in [5.74, 6) is -1.45. The van der Waals surface area contributed by atoms with Crippen molar-refractivity contribution < 1.29 is 19.8 Å². The summed E-state index contributed by atoms with van der Waals surface area (Å²) in [4.78, 5) is 23.1. The Bertz CT molecular complexity index is 473. The fourth-order valence-electron chi connectivity index (χ4n) is 1.90. The van der Waals surface area contributed by atoms with E-state index in [4.69, 9.17) is 5.73 Å². The maximum atomic E-state index is 11.9. The number of hydrogen-bond donors (Lipinski definition) is 4. The van der Waals surface area contributed by atoms with Crippen molar-refractivity contribution >= 4 is 11.9 Å². The van der Waals surface area contributed by atoms with Gasteiger partial charge in [0.05, 0.1) is 6.04 Å². The Kier molecular flexibility index (Phi) is 6.68. The van der Waals surface area contributed by atoms with Crippen molar-refractivity contribution in [1.82, 2.24) is 5.32 Å². The van der Waals surface area contributed by atoms with E-state index in [2.05, 4.69) is 5.32 Å². The summed E-state index contributed by atoms with van der Waals surface area (Å²) in [6.07, 6.45) is 2.43. The molecule has 0 spiro atoms. The maximum absolute atomic E-state index is 11.9. The summed E-state index contributed by atoms with van der Waals surface area (Å²) < 4.78 is 0. The molecule has 0 fully saturated rings. The van der Waals surface area contributed by atoms with Crippen LogP contribution in [0.3, 0.4) is 0 Å². The van der Waals surface area contributed by atoms with E-state index in [-0.39, 0.29) is 12.2 Å². The van der Waals surface area contributed by atoms with E-state index in [1.807, 2.05) is 6.92 Å². The second-order valence-electron chi connectivity index (χ2n) is 5.02. The van der Waals surface area contributed by atoms with Crippen LogP contribution < -0.4 is 11.1 Å². The van der Waals surface area contributed by atoms with Gasteiger partial charge in [-0.3, -0.25) is 4.79 Å². The van der Waals surface area contributed by atoms with Gasteiger partial charge in [0.15, 0.2) is 0 Å². The molecule has 6 heteroatoms. The second kappa shape index (κ2) is 8.26. The number of carboxylic acids is 1. The van der Waals surface area contributed by atoms with E-state index >= 15 is 0 Å². The van der Waals surface area contributed by atoms with Crippen molar-refractivity contribution in [2.24, 2.45) is 5.73 Å². The summed E-state index contributed by atoms with van der Waals surface area (Å²) in [6.45, 7) is 2.00. The standard InChI is InChI=1S/C15H22N2O4/c1-2-3-4-12(16)14(19)17-13(15(20)21)9-10-5-7-11(18)8-6-10/h5-8,12-13,18H,2-4,9,16H2,1H3,(H,17,19)(H,20,21)/t12-,13?/m0/s1. The lowest BCUT2D eigenvalue weighted by atomic mass is 10.0. The summed E-state index contributed by atoms with van der Waals surface area (Å²) >= 11 is 0. The van der Waals surface area contributed by atoms with Gasteiger partial charge in [-0.25, -0.2) is 4.79 Å². The molecule has 116 valence electrons. The molecule has 0 aliphatic rings. The van der Waals surface area contributed by atoms with E-state index < -0.39 is 24.0 Å². The predicted octanol–water partition coefficient (Wildman–Crippen LogP) is 1.02. The lowest BCUT2D eigenvalue weighted by Gasteiger charge is -2.18. The smallest absolute Gasteiger partial charge is 0.326 e. The molecular weight excluding hydrogens is 272 g/mol. The number of aliphatic carboxylic acids is 1. The highest BCUT2D eigenvalue weighted by molar-refractivity contribution is 5.86. The van der Waals surface area contributed by atoms with Crippen molar-refractivity contribution in [3.63, 3.8) is 0 Å². The number of carbonyl (C=O) groups is 2. The number of unbranched alkanes of at least 4 members (excludes halogenated alkanes) is 1. The highest BCUT2D eigenvalue weighted by Gasteiger charge is 2.23. The Hall–Kier alpha value is -2.08. The number of aromatic hydroxyl groups is 1. The van der Waals surface area contributed by atoms with Crippen LogP contribution in [0.5, 0.6) is 5.75 Å². The largest absolute Gasteiger partial charge is 0.508 e. The van der Waals surface area contributed by atoms with Crippen LogP contribution in [0.25, 0.3) is 0 Å². The quantitative estimate of drug-likeness (QED) is 0.572. The monoisotopic (exact) mass is 294 g/mol. The number of amides is 1. The molecule has 0 heterocycles. The fraction of sp³-hybridized carbons (Fsp3) is 0.467. The lowest BCUT2D eigenvalue weighted by Crippen LogP contribution is -2.49. The molecule has 1 aromatic carbocycles. The number of phenols is 1. The number of rotatable bonds is 8. The Morgan fingerprint density at radius 2 is 1.90 bits per heavy atom. The van der Waals surface area contributed by atoms with E-state index in [9.17, 15) is 19.8 Å². The molecule has 1 unspecified atom stereocenters. The molecule has 0 radical (unpaired) electrons. The van der Waals surface area contributed by atoms with Crippen LogP contribution in [0.4, 0.5) is 0 Å². The molecule has 6 nitrogen and oxygen atoms in total. The van der Waals surface area contributed by atoms with Gasteiger partial charge in [-0.15, -0.1) is 0 Å². The van der Waals surface area contributed by atoms with Crippen molar-refractivity contribution in [3.8, 4) is 5.75 Å². The van der Waals surface area contributed by atoms with E-state index in [0.717, 1.165) is 12.8 Å². The third-order valence-corrected chi connectivity index (χ3v) is 3.20. The molecule has 1 aromatic rings. The average molecular weight is 294 g/mol. The number of benzene rings is 1. The van der Waals surface area contributed by atoms with Crippen molar-refractivity contribution in [2.75, 3.05) is 0 Å². The number of carboxylic acid groups (broad SMARTS) is 1. The first kappa shape index (κ1) is 17.0. The van der Waals surface area contributed by atoms with Gasteiger partial charge in [-0.05, 0) is 24.1 Å². The number of phenolic OH excluding ortho intramolecular Hbond substituents is 1. The SMILES string of the molecule is CCCC[C@H](N)C(=O)NC(Cc1ccc(O)cc1)C(=O)O. The molecule has 5 N–H and O–H groups in total. The van der Waals surface area contributed by atoms with E-state index in [0.29, 0.717) is 12.0 Å². The third kappa shape index (κ3) is 5.83. The minimum atomic E-state index is -1.11. The Balaban J connectivity index is 2.63. The van der Waals surface area contributed by atoms with Gasteiger partial charge < -0.3 is 21.3 Å². The molecule has 1 amide bonds. The zero-order valence-electron chi connectivity index (χ0n) is 12.1. The molecule has 0 aromatic heterocycles.